The summed E-state index contributed by atoms with van der Waals surface area (Å²) in [6, 6.07) is 1.49. The van der Waals surface area contributed by atoms with Crippen molar-refractivity contribution in [2.75, 3.05) is 19.7 Å². The van der Waals surface area contributed by atoms with E-state index in [0.29, 0.717) is 13.1 Å². The molecule has 1 aromatic rings. The molecule has 5 heteroatoms. The number of aliphatic hydroxyl groups is 1. The van der Waals surface area contributed by atoms with Gasteiger partial charge in [0.2, 0.25) is 0 Å². The number of ether oxygens (including phenoxy) is 1. The number of pyridine rings is 1. The predicted molar refractivity (Wildman–Crippen MR) is 60.9 cm³/mol. The number of hydrogen-bond acceptors (Lipinski definition) is 4. The molecule has 0 spiro atoms. The van der Waals surface area contributed by atoms with E-state index in [9.17, 15) is 4.39 Å². The number of aliphatic hydroxyl groups excluding tert-OH is 1. The minimum absolute atomic E-state index is 0.0161. The van der Waals surface area contributed by atoms with E-state index in [2.05, 4.69) is 9.88 Å². The van der Waals surface area contributed by atoms with E-state index in [4.69, 9.17) is 9.84 Å². The molecular weight excluding hydrogens is 223 g/mol. The summed E-state index contributed by atoms with van der Waals surface area (Å²) in [6.07, 6.45) is 2.79. The van der Waals surface area contributed by atoms with E-state index < -0.39 is 0 Å². The summed E-state index contributed by atoms with van der Waals surface area (Å²) in [5, 5.41) is 9.11. The average Bonchev–Trinajstić information content (AvgIpc) is 2.28. The molecule has 0 aliphatic carbocycles. The molecule has 0 amide bonds. The van der Waals surface area contributed by atoms with Crippen LogP contribution < -0.4 is 0 Å². The van der Waals surface area contributed by atoms with Gasteiger partial charge < -0.3 is 9.84 Å². The number of nitrogens with zero attached hydrogens (tertiary/aromatic N) is 2. The van der Waals surface area contributed by atoms with Crippen molar-refractivity contribution in [3.8, 4) is 0 Å². The van der Waals surface area contributed by atoms with Gasteiger partial charge in [-0.2, -0.15) is 0 Å². The highest BCUT2D eigenvalue weighted by atomic mass is 19.1. The molecule has 1 saturated heterocycles. The summed E-state index contributed by atoms with van der Waals surface area (Å²) < 4.78 is 18.5. The molecule has 0 saturated carbocycles. The van der Waals surface area contributed by atoms with Crippen molar-refractivity contribution in [1.29, 1.82) is 0 Å². The Morgan fingerprint density at radius 2 is 2.35 bits per heavy atom. The third kappa shape index (κ3) is 3.46. The maximum atomic E-state index is 13.0. The highest BCUT2D eigenvalue weighted by Crippen LogP contribution is 2.14. The molecule has 2 atom stereocenters. The second kappa shape index (κ2) is 5.53. The zero-order valence-corrected chi connectivity index (χ0v) is 9.84. The molecule has 2 unspecified atom stereocenters. The first-order chi connectivity index (χ1) is 8.17. The van der Waals surface area contributed by atoms with Crippen molar-refractivity contribution in [3.63, 3.8) is 0 Å². The molecule has 17 heavy (non-hydrogen) atoms. The SMILES string of the molecule is CC1CN(Cc2cncc(F)c2)CC(CO)O1. The lowest BCUT2D eigenvalue weighted by Gasteiger charge is -2.36. The van der Waals surface area contributed by atoms with Crippen LogP contribution in [0.15, 0.2) is 18.5 Å². The molecule has 2 rings (SSSR count). The Balaban J connectivity index is 1.98. The van der Waals surface area contributed by atoms with Gasteiger partial charge >= 0.3 is 0 Å². The standard InChI is InChI=1S/C12H17FN2O2/c1-9-5-15(7-12(8-16)17-9)6-10-2-11(13)4-14-3-10/h2-4,9,12,16H,5-8H2,1H3. The fourth-order valence-electron chi connectivity index (χ4n) is 2.17. The Bertz CT molecular complexity index is 375. The normalized spacial score (nSPS) is 26.1. The first kappa shape index (κ1) is 12.4. The summed E-state index contributed by atoms with van der Waals surface area (Å²) in [6.45, 7) is 4.07. The topological polar surface area (TPSA) is 45.6 Å². The van der Waals surface area contributed by atoms with Gasteiger partial charge in [-0.1, -0.05) is 0 Å². The van der Waals surface area contributed by atoms with E-state index in [-0.39, 0.29) is 24.6 Å². The molecular formula is C12H17FN2O2. The Morgan fingerprint density at radius 1 is 1.53 bits per heavy atom. The lowest BCUT2D eigenvalue weighted by molar-refractivity contribution is -0.0972. The van der Waals surface area contributed by atoms with Gasteiger partial charge in [0.15, 0.2) is 0 Å². The number of halogens is 1. The fourth-order valence-corrected chi connectivity index (χ4v) is 2.17. The van der Waals surface area contributed by atoms with Crippen LogP contribution in [-0.2, 0) is 11.3 Å². The van der Waals surface area contributed by atoms with Crippen LogP contribution in [-0.4, -0.2) is 46.9 Å². The lowest BCUT2D eigenvalue weighted by Crippen LogP contribution is -2.47. The van der Waals surface area contributed by atoms with Crippen LogP contribution in [0.4, 0.5) is 4.39 Å². The van der Waals surface area contributed by atoms with Gasteiger partial charge in [-0.25, -0.2) is 4.39 Å². The minimum Gasteiger partial charge on any atom is -0.394 e. The molecule has 1 aliphatic heterocycles. The van der Waals surface area contributed by atoms with Crippen LogP contribution in [0.5, 0.6) is 0 Å². The summed E-state index contributed by atoms with van der Waals surface area (Å²) in [7, 11) is 0. The number of hydrogen-bond donors (Lipinski definition) is 1. The monoisotopic (exact) mass is 240 g/mol. The third-order valence-electron chi connectivity index (χ3n) is 2.77. The number of morpholine rings is 1. The summed E-state index contributed by atoms with van der Waals surface area (Å²) in [4.78, 5) is 5.97. The van der Waals surface area contributed by atoms with Crippen molar-refractivity contribution in [1.82, 2.24) is 9.88 Å². The van der Waals surface area contributed by atoms with E-state index >= 15 is 0 Å². The van der Waals surface area contributed by atoms with E-state index in [1.807, 2.05) is 6.92 Å². The Hall–Kier alpha value is -1.04. The highest BCUT2D eigenvalue weighted by molar-refractivity contribution is 5.10. The first-order valence-corrected chi connectivity index (χ1v) is 5.75. The molecule has 1 aromatic heterocycles. The maximum Gasteiger partial charge on any atom is 0.141 e. The summed E-state index contributed by atoms with van der Waals surface area (Å²) >= 11 is 0. The Morgan fingerprint density at radius 3 is 3.06 bits per heavy atom. The highest BCUT2D eigenvalue weighted by Gasteiger charge is 2.24. The predicted octanol–water partition coefficient (Wildman–Crippen LogP) is 0.802. The van der Waals surface area contributed by atoms with E-state index in [1.54, 1.807) is 6.20 Å². The largest absolute Gasteiger partial charge is 0.394 e. The van der Waals surface area contributed by atoms with Crippen molar-refractivity contribution < 1.29 is 14.2 Å². The summed E-state index contributed by atoms with van der Waals surface area (Å²) in [5.74, 6) is -0.317. The average molecular weight is 240 g/mol. The van der Waals surface area contributed by atoms with Crippen molar-refractivity contribution in [2.24, 2.45) is 0 Å². The molecule has 0 aromatic carbocycles. The Kier molecular flexibility index (Phi) is 4.04. The second-order valence-corrected chi connectivity index (χ2v) is 4.46. The molecule has 1 N–H and O–H groups in total. The molecule has 1 fully saturated rings. The molecule has 94 valence electrons. The van der Waals surface area contributed by atoms with Gasteiger partial charge in [-0.15, -0.1) is 0 Å². The van der Waals surface area contributed by atoms with E-state index in [0.717, 1.165) is 12.1 Å². The molecule has 4 nitrogen and oxygen atoms in total. The second-order valence-electron chi connectivity index (χ2n) is 4.46. The van der Waals surface area contributed by atoms with Gasteiger partial charge in [0.25, 0.3) is 0 Å². The van der Waals surface area contributed by atoms with Gasteiger partial charge in [-0.3, -0.25) is 9.88 Å². The maximum absolute atomic E-state index is 13.0. The minimum atomic E-state index is -0.317. The molecule has 2 heterocycles. The van der Waals surface area contributed by atoms with Gasteiger partial charge in [0, 0.05) is 25.8 Å². The Labute approximate surface area is 100 Å². The molecule has 0 bridgehead atoms. The van der Waals surface area contributed by atoms with Crippen LogP contribution in [0, 0.1) is 5.82 Å². The smallest absolute Gasteiger partial charge is 0.141 e. The van der Waals surface area contributed by atoms with Crippen LogP contribution >= 0.6 is 0 Å². The fraction of sp³-hybridized carbons (Fsp3) is 0.583. The quantitative estimate of drug-likeness (QED) is 0.849. The van der Waals surface area contributed by atoms with Crippen molar-refractivity contribution in [2.45, 2.75) is 25.7 Å². The van der Waals surface area contributed by atoms with Gasteiger partial charge in [-0.05, 0) is 18.6 Å². The molecule has 1 aliphatic rings. The van der Waals surface area contributed by atoms with Crippen LogP contribution in [0.25, 0.3) is 0 Å². The number of aromatic nitrogens is 1. The third-order valence-corrected chi connectivity index (χ3v) is 2.77. The lowest BCUT2D eigenvalue weighted by atomic mass is 10.2. The van der Waals surface area contributed by atoms with Crippen LogP contribution in [0.2, 0.25) is 0 Å². The van der Waals surface area contributed by atoms with Gasteiger partial charge in [0.1, 0.15) is 5.82 Å². The molecule has 0 radical (unpaired) electrons. The number of rotatable bonds is 3. The zero-order valence-electron chi connectivity index (χ0n) is 9.84. The van der Waals surface area contributed by atoms with Crippen molar-refractivity contribution >= 4 is 0 Å². The van der Waals surface area contributed by atoms with Gasteiger partial charge in [0.05, 0.1) is 25.0 Å². The van der Waals surface area contributed by atoms with Crippen molar-refractivity contribution in [3.05, 3.63) is 29.8 Å². The summed E-state index contributed by atoms with van der Waals surface area (Å²) in [5.41, 5.74) is 0.843. The van der Waals surface area contributed by atoms with E-state index in [1.165, 1.54) is 12.3 Å². The zero-order chi connectivity index (χ0) is 12.3. The van der Waals surface area contributed by atoms with Crippen LogP contribution in [0.3, 0.4) is 0 Å². The first-order valence-electron chi connectivity index (χ1n) is 5.75. The van der Waals surface area contributed by atoms with Crippen LogP contribution in [0.1, 0.15) is 12.5 Å².